The van der Waals surface area contributed by atoms with Crippen LogP contribution in [0.2, 0.25) is 5.02 Å². The molecule has 92 valence electrons. The van der Waals surface area contributed by atoms with Crippen LogP contribution in [0, 0.1) is 0 Å². The van der Waals surface area contributed by atoms with Gasteiger partial charge in [-0.1, -0.05) is 29.8 Å². The van der Waals surface area contributed by atoms with Gasteiger partial charge in [0.25, 0.3) is 0 Å². The van der Waals surface area contributed by atoms with Gasteiger partial charge in [-0.15, -0.1) is 0 Å². The Kier molecular flexibility index (Phi) is 3.85. The van der Waals surface area contributed by atoms with Crippen LogP contribution in [0.1, 0.15) is 6.92 Å². The summed E-state index contributed by atoms with van der Waals surface area (Å²) < 4.78 is 10.7. The van der Waals surface area contributed by atoms with Gasteiger partial charge in [0, 0.05) is 18.0 Å². The third-order valence-corrected chi connectivity index (χ3v) is 2.37. The summed E-state index contributed by atoms with van der Waals surface area (Å²) in [5, 5.41) is 0.478. The highest BCUT2D eigenvalue weighted by atomic mass is 35.5. The first-order valence-electron chi connectivity index (χ1n) is 5.36. The van der Waals surface area contributed by atoms with Gasteiger partial charge in [0.15, 0.2) is 11.5 Å². The second-order valence-corrected chi connectivity index (χ2v) is 4.04. The molecule has 0 aliphatic rings. The molecule has 0 radical (unpaired) electrons. The number of ether oxygens (including phenoxy) is 2. The molecular weight excluding hydrogens is 252 g/mol. The van der Waals surface area contributed by atoms with Gasteiger partial charge in [0.05, 0.1) is 0 Å². The van der Waals surface area contributed by atoms with Gasteiger partial charge in [-0.25, -0.2) is 0 Å². The maximum absolute atomic E-state index is 11.0. The van der Waals surface area contributed by atoms with E-state index in [1.807, 2.05) is 30.3 Å². The molecule has 0 saturated heterocycles. The lowest BCUT2D eigenvalue weighted by Crippen LogP contribution is -2.02. The molecule has 0 aromatic heterocycles. The molecular formula is C14H11ClO3. The fourth-order valence-corrected chi connectivity index (χ4v) is 1.58. The van der Waals surface area contributed by atoms with Crippen LogP contribution in [0.3, 0.4) is 0 Å². The molecule has 0 aliphatic heterocycles. The Morgan fingerprint density at radius 1 is 1.06 bits per heavy atom. The van der Waals surface area contributed by atoms with E-state index in [2.05, 4.69) is 0 Å². The largest absolute Gasteiger partial charge is 0.453 e. The molecule has 0 bridgehead atoms. The summed E-state index contributed by atoms with van der Waals surface area (Å²) in [6.45, 7) is 1.33. The van der Waals surface area contributed by atoms with Crippen molar-refractivity contribution in [3.63, 3.8) is 0 Å². The fourth-order valence-electron chi connectivity index (χ4n) is 1.42. The normalized spacial score (nSPS) is 9.89. The minimum atomic E-state index is -0.421. The van der Waals surface area contributed by atoms with E-state index in [-0.39, 0.29) is 0 Å². The number of benzene rings is 2. The average Bonchev–Trinajstić information content (AvgIpc) is 2.33. The predicted molar refractivity (Wildman–Crippen MR) is 69.3 cm³/mol. The number of hydrogen-bond donors (Lipinski definition) is 0. The van der Waals surface area contributed by atoms with Crippen molar-refractivity contribution in [2.75, 3.05) is 0 Å². The number of carbonyl (C=O) groups excluding carboxylic acids is 1. The molecule has 2 aromatic carbocycles. The summed E-state index contributed by atoms with van der Waals surface area (Å²) in [5.74, 6) is 0.989. The third-order valence-electron chi connectivity index (χ3n) is 2.13. The second kappa shape index (κ2) is 5.56. The molecule has 0 N–H and O–H groups in total. The van der Waals surface area contributed by atoms with E-state index in [0.717, 1.165) is 0 Å². The lowest BCUT2D eigenvalue weighted by atomic mass is 10.3. The highest BCUT2D eigenvalue weighted by Gasteiger charge is 2.09. The van der Waals surface area contributed by atoms with Crippen molar-refractivity contribution in [2.45, 2.75) is 6.92 Å². The van der Waals surface area contributed by atoms with Crippen molar-refractivity contribution in [3.8, 4) is 17.2 Å². The first-order chi connectivity index (χ1) is 8.65. The maximum atomic E-state index is 11.0. The van der Waals surface area contributed by atoms with E-state index < -0.39 is 5.97 Å². The summed E-state index contributed by atoms with van der Waals surface area (Å²) in [6.07, 6.45) is 0. The topological polar surface area (TPSA) is 35.5 Å². The van der Waals surface area contributed by atoms with Crippen LogP contribution in [0.25, 0.3) is 0 Å². The van der Waals surface area contributed by atoms with Crippen molar-refractivity contribution in [3.05, 3.63) is 53.6 Å². The van der Waals surface area contributed by atoms with Crippen LogP contribution < -0.4 is 9.47 Å². The van der Waals surface area contributed by atoms with Crippen LogP contribution >= 0.6 is 11.6 Å². The van der Waals surface area contributed by atoms with Crippen LogP contribution in [0.4, 0.5) is 0 Å². The van der Waals surface area contributed by atoms with Crippen molar-refractivity contribution in [1.82, 2.24) is 0 Å². The highest BCUT2D eigenvalue weighted by Crippen LogP contribution is 2.33. The Bertz CT molecular complexity index is 552. The average molecular weight is 263 g/mol. The van der Waals surface area contributed by atoms with Crippen molar-refractivity contribution in [1.29, 1.82) is 0 Å². The van der Waals surface area contributed by atoms with Crippen LogP contribution in [0.15, 0.2) is 48.5 Å². The van der Waals surface area contributed by atoms with Crippen LogP contribution in [-0.2, 0) is 4.79 Å². The number of hydrogen-bond acceptors (Lipinski definition) is 3. The molecule has 4 heteroatoms. The van der Waals surface area contributed by atoms with Gasteiger partial charge >= 0.3 is 5.97 Å². The van der Waals surface area contributed by atoms with E-state index in [1.54, 1.807) is 18.2 Å². The second-order valence-electron chi connectivity index (χ2n) is 3.60. The zero-order chi connectivity index (χ0) is 13.0. The molecule has 2 rings (SSSR count). The summed E-state index contributed by atoms with van der Waals surface area (Å²) in [4.78, 5) is 11.0. The molecule has 0 aliphatic carbocycles. The van der Waals surface area contributed by atoms with E-state index in [4.69, 9.17) is 21.1 Å². The first kappa shape index (κ1) is 12.5. The fraction of sp³-hybridized carbons (Fsp3) is 0.0714. The Hall–Kier alpha value is -2.00. The number of esters is 1. The van der Waals surface area contributed by atoms with Gasteiger partial charge in [0.1, 0.15) is 5.75 Å². The molecule has 0 unspecified atom stereocenters. The smallest absolute Gasteiger partial charge is 0.308 e. The molecule has 0 fully saturated rings. The Morgan fingerprint density at radius 2 is 1.78 bits per heavy atom. The van der Waals surface area contributed by atoms with E-state index >= 15 is 0 Å². The molecule has 0 heterocycles. The first-order valence-corrected chi connectivity index (χ1v) is 5.74. The zero-order valence-corrected chi connectivity index (χ0v) is 10.5. The lowest BCUT2D eigenvalue weighted by molar-refractivity contribution is -0.131. The Labute approximate surface area is 110 Å². The van der Waals surface area contributed by atoms with Crippen molar-refractivity contribution < 1.29 is 14.3 Å². The number of halogens is 1. The Morgan fingerprint density at radius 3 is 2.44 bits per heavy atom. The van der Waals surface area contributed by atoms with Gasteiger partial charge in [-0.2, -0.15) is 0 Å². The van der Waals surface area contributed by atoms with Crippen molar-refractivity contribution in [2.24, 2.45) is 0 Å². The number of para-hydroxylation sites is 1. The quantitative estimate of drug-likeness (QED) is 0.618. The van der Waals surface area contributed by atoms with E-state index in [1.165, 1.54) is 6.92 Å². The summed E-state index contributed by atoms with van der Waals surface area (Å²) in [7, 11) is 0. The minimum Gasteiger partial charge on any atom is -0.453 e. The van der Waals surface area contributed by atoms with Crippen LogP contribution in [0.5, 0.6) is 17.2 Å². The Balaban J connectivity index is 2.29. The van der Waals surface area contributed by atoms with Crippen LogP contribution in [-0.4, -0.2) is 5.97 Å². The van der Waals surface area contributed by atoms with Gasteiger partial charge in [-0.3, -0.25) is 4.79 Å². The van der Waals surface area contributed by atoms with Gasteiger partial charge in [0.2, 0.25) is 0 Å². The van der Waals surface area contributed by atoms with E-state index in [9.17, 15) is 4.79 Å². The molecule has 0 atom stereocenters. The van der Waals surface area contributed by atoms with Gasteiger partial charge < -0.3 is 9.47 Å². The molecule has 0 amide bonds. The number of carbonyl (C=O) groups is 1. The molecule has 2 aromatic rings. The third kappa shape index (κ3) is 3.25. The SMILES string of the molecule is CC(=O)Oc1cc(Cl)ccc1Oc1ccccc1. The van der Waals surface area contributed by atoms with E-state index in [0.29, 0.717) is 22.3 Å². The molecule has 18 heavy (non-hydrogen) atoms. The monoisotopic (exact) mass is 262 g/mol. The summed E-state index contributed by atoms with van der Waals surface area (Å²) in [6, 6.07) is 14.1. The highest BCUT2D eigenvalue weighted by molar-refractivity contribution is 6.30. The lowest BCUT2D eigenvalue weighted by Gasteiger charge is -2.10. The van der Waals surface area contributed by atoms with Gasteiger partial charge in [-0.05, 0) is 24.3 Å². The molecule has 3 nitrogen and oxygen atoms in total. The standard InChI is InChI=1S/C14H11ClO3/c1-10(16)17-14-9-11(15)7-8-13(14)18-12-5-3-2-4-6-12/h2-9H,1H3. The maximum Gasteiger partial charge on any atom is 0.308 e. The summed E-state index contributed by atoms with van der Waals surface area (Å²) in [5.41, 5.74) is 0. The van der Waals surface area contributed by atoms with Crippen molar-refractivity contribution >= 4 is 17.6 Å². The minimum absolute atomic E-state index is 0.304. The molecule has 0 saturated carbocycles. The zero-order valence-electron chi connectivity index (χ0n) is 9.72. The number of rotatable bonds is 3. The predicted octanol–water partition coefficient (Wildman–Crippen LogP) is 4.06. The summed E-state index contributed by atoms with van der Waals surface area (Å²) >= 11 is 5.86. The molecule has 0 spiro atoms.